The van der Waals surface area contributed by atoms with Crippen molar-refractivity contribution in [2.75, 3.05) is 26.2 Å². The lowest BCUT2D eigenvalue weighted by Crippen LogP contribution is -2.36. The molecule has 0 unspecified atom stereocenters. The number of hydrogen-bond donors (Lipinski definition) is 0. The second kappa shape index (κ2) is 9.36. The van der Waals surface area contributed by atoms with Gasteiger partial charge in [-0.05, 0) is 30.2 Å². The maximum absolute atomic E-state index is 13.4. The number of halogens is 2. The third kappa shape index (κ3) is 5.04. The highest BCUT2D eigenvalue weighted by molar-refractivity contribution is 6.31. The molecule has 1 aromatic heterocycles. The molecule has 0 aliphatic carbocycles. The van der Waals surface area contributed by atoms with Gasteiger partial charge in [0.2, 0.25) is 17.6 Å². The SMILES string of the molecule is O=C(Cc1ccccc1Cl)N1CCCN(Cc2nc(-c3cccc(F)c3)no2)CC1. The van der Waals surface area contributed by atoms with Crippen LogP contribution in [-0.2, 0) is 17.8 Å². The summed E-state index contributed by atoms with van der Waals surface area (Å²) >= 11 is 6.18. The van der Waals surface area contributed by atoms with E-state index in [9.17, 15) is 9.18 Å². The molecule has 0 atom stereocenters. The van der Waals surface area contributed by atoms with Crippen molar-refractivity contribution in [3.05, 3.63) is 70.8 Å². The van der Waals surface area contributed by atoms with E-state index in [0.29, 0.717) is 54.9 Å². The van der Waals surface area contributed by atoms with Crippen molar-refractivity contribution < 1.29 is 13.7 Å². The third-order valence-corrected chi connectivity index (χ3v) is 5.52. The minimum atomic E-state index is -0.340. The molecule has 1 aliphatic heterocycles. The molecule has 4 rings (SSSR count). The van der Waals surface area contributed by atoms with Gasteiger partial charge >= 0.3 is 0 Å². The average Bonchev–Trinajstić information content (AvgIpc) is 3.07. The van der Waals surface area contributed by atoms with Crippen LogP contribution >= 0.6 is 11.6 Å². The number of aromatic nitrogens is 2. The van der Waals surface area contributed by atoms with Crippen LogP contribution < -0.4 is 0 Å². The number of hydrogen-bond acceptors (Lipinski definition) is 5. The molecule has 0 spiro atoms. The molecule has 0 saturated carbocycles. The second-order valence-corrected chi connectivity index (χ2v) is 7.71. The summed E-state index contributed by atoms with van der Waals surface area (Å²) in [4.78, 5) is 21.2. The predicted octanol–water partition coefficient (Wildman–Crippen LogP) is 3.81. The van der Waals surface area contributed by atoms with E-state index in [1.165, 1.54) is 12.1 Å². The lowest BCUT2D eigenvalue weighted by atomic mass is 10.1. The van der Waals surface area contributed by atoms with E-state index >= 15 is 0 Å². The van der Waals surface area contributed by atoms with Crippen molar-refractivity contribution in [1.29, 1.82) is 0 Å². The molecule has 156 valence electrons. The zero-order valence-corrected chi connectivity index (χ0v) is 17.2. The summed E-state index contributed by atoms with van der Waals surface area (Å²) in [6.07, 6.45) is 1.17. The maximum Gasteiger partial charge on any atom is 0.241 e. The molecule has 2 aromatic carbocycles. The minimum absolute atomic E-state index is 0.0798. The van der Waals surface area contributed by atoms with Crippen molar-refractivity contribution in [2.45, 2.75) is 19.4 Å². The van der Waals surface area contributed by atoms with Crippen LogP contribution in [0.5, 0.6) is 0 Å². The van der Waals surface area contributed by atoms with Crippen LogP contribution in [0.4, 0.5) is 4.39 Å². The summed E-state index contributed by atoms with van der Waals surface area (Å²) in [7, 11) is 0. The Labute approximate surface area is 179 Å². The van der Waals surface area contributed by atoms with Crippen molar-refractivity contribution in [3.63, 3.8) is 0 Å². The molecule has 8 heteroatoms. The topological polar surface area (TPSA) is 62.5 Å². The smallest absolute Gasteiger partial charge is 0.241 e. The monoisotopic (exact) mass is 428 g/mol. The zero-order chi connectivity index (χ0) is 20.9. The lowest BCUT2D eigenvalue weighted by molar-refractivity contribution is -0.130. The number of carbonyl (C=O) groups excluding carboxylic acids is 1. The largest absolute Gasteiger partial charge is 0.341 e. The summed E-state index contributed by atoms with van der Waals surface area (Å²) in [6, 6.07) is 13.5. The second-order valence-electron chi connectivity index (χ2n) is 7.30. The van der Waals surface area contributed by atoms with Crippen molar-refractivity contribution in [1.82, 2.24) is 19.9 Å². The molecule has 6 nitrogen and oxygen atoms in total. The molecule has 2 heterocycles. The Bertz CT molecular complexity index is 1030. The molecule has 3 aromatic rings. The fourth-order valence-corrected chi connectivity index (χ4v) is 3.75. The molecule has 1 aliphatic rings. The highest BCUT2D eigenvalue weighted by atomic mass is 35.5. The van der Waals surface area contributed by atoms with E-state index in [2.05, 4.69) is 15.0 Å². The van der Waals surface area contributed by atoms with Gasteiger partial charge in [-0.1, -0.05) is 47.1 Å². The number of amides is 1. The summed E-state index contributed by atoms with van der Waals surface area (Å²) in [5.74, 6) is 0.588. The Morgan fingerprint density at radius 2 is 1.97 bits per heavy atom. The Morgan fingerprint density at radius 1 is 1.10 bits per heavy atom. The van der Waals surface area contributed by atoms with Gasteiger partial charge in [0.15, 0.2) is 0 Å². The molecular weight excluding hydrogens is 407 g/mol. The van der Waals surface area contributed by atoms with E-state index in [1.54, 1.807) is 18.2 Å². The molecule has 30 heavy (non-hydrogen) atoms. The van der Waals surface area contributed by atoms with E-state index < -0.39 is 0 Å². The quantitative estimate of drug-likeness (QED) is 0.618. The Balaban J connectivity index is 1.33. The Kier molecular flexibility index (Phi) is 6.40. The molecular formula is C22H22ClFN4O2. The lowest BCUT2D eigenvalue weighted by Gasteiger charge is -2.21. The Hall–Kier alpha value is -2.77. The highest BCUT2D eigenvalue weighted by Crippen LogP contribution is 2.19. The van der Waals surface area contributed by atoms with Crippen molar-refractivity contribution in [2.24, 2.45) is 0 Å². The zero-order valence-electron chi connectivity index (χ0n) is 16.4. The first kappa shape index (κ1) is 20.5. The van der Waals surface area contributed by atoms with Gasteiger partial charge in [-0.15, -0.1) is 0 Å². The number of rotatable bonds is 5. The first-order valence-corrected chi connectivity index (χ1v) is 10.3. The Morgan fingerprint density at radius 3 is 2.80 bits per heavy atom. The van der Waals surface area contributed by atoms with Crippen LogP contribution in [0.2, 0.25) is 5.02 Å². The summed E-state index contributed by atoms with van der Waals surface area (Å²) < 4.78 is 18.8. The van der Waals surface area contributed by atoms with E-state index in [1.807, 2.05) is 23.1 Å². The summed E-state index contributed by atoms with van der Waals surface area (Å²) in [5.41, 5.74) is 1.43. The molecule has 0 N–H and O–H groups in total. The predicted molar refractivity (Wildman–Crippen MR) is 111 cm³/mol. The van der Waals surface area contributed by atoms with Crippen molar-refractivity contribution >= 4 is 17.5 Å². The molecule has 1 amide bonds. The molecule has 0 bridgehead atoms. The van der Waals surface area contributed by atoms with Gasteiger partial charge < -0.3 is 9.42 Å². The van der Waals surface area contributed by atoms with Gasteiger partial charge in [0.25, 0.3) is 0 Å². The highest BCUT2D eigenvalue weighted by Gasteiger charge is 2.21. The van der Waals surface area contributed by atoms with Crippen LogP contribution in [-0.4, -0.2) is 52.0 Å². The first-order chi connectivity index (χ1) is 14.6. The van der Waals surface area contributed by atoms with E-state index in [-0.39, 0.29) is 11.7 Å². The first-order valence-electron chi connectivity index (χ1n) is 9.90. The van der Waals surface area contributed by atoms with Crippen LogP contribution in [0.1, 0.15) is 17.9 Å². The summed E-state index contributed by atoms with van der Waals surface area (Å²) in [6.45, 7) is 3.38. The third-order valence-electron chi connectivity index (χ3n) is 5.15. The van der Waals surface area contributed by atoms with Crippen LogP contribution in [0, 0.1) is 5.82 Å². The molecule has 1 fully saturated rings. The van der Waals surface area contributed by atoms with E-state index in [0.717, 1.165) is 18.5 Å². The average molecular weight is 429 g/mol. The van der Waals surface area contributed by atoms with Crippen LogP contribution in [0.3, 0.4) is 0 Å². The molecule has 0 radical (unpaired) electrons. The van der Waals surface area contributed by atoms with Gasteiger partial charge in [0.1, 0.15) is 5.82 Å². The van der Waals surface area contributed by atoms with Gasteiger partial charge in [-0.3, -0.25) is 9.69 Å². The molecule has 1 saturated heterocycles. The van der Waals surface area contributed by atoms with Gasteiger partial charge in [0, 0.05) is 36.8 Å². The fraction of sp³-hybridized carbons (Fsp3) is 0.318. The number of benzene rings is 2. The fourth-order valence-electron chi connectivity index (χ4n) is 3.55. The van der Waals surface area contributed by atoms with Gasteiger partial charge in [-0.25, -0.2) is 4.39 Å². The maximum atomic E-state index is 13.4. The van der Waals surface area contributed by atoms with Gasteiger partial charge in [-0.2, -0.15) is 4.98 Å². The van der Waals surface area contributed by atoms with Crippen LogP contribution in [0.15, 0.2) is 53.1 Å². The van der Waals surface area contributed by atoms with Crippen molar-refractivity contribution in [3.8, 4) is 11.4 Å². The minimum Gasteiger partial charge on any atom is -0.341 e. The van der Waals surface area contributed by atoms with Gasteiger partial charge in [0.05, 0.1) is 13.0 Å². The number of nitrogens with zero attached hydrogens (tertiary/aromatic N) is 4. The standard InChI is InChI=1S/C22H22ClFN4O2/c23-19-8-2-1-5-16(19)14-21(29)28-10-4-9-27(11-12-28)15-20-25-22(26-30-20)17-6-3-7-18(24)13-17/h1-3,5-8,13H,4,9-12,14-15H2. The normalized spacial score (nSPS) is 15.2. The number of carbonyl (C=O) groups is 1. The van der Waals surface area contributed by atoms with Crippen LogP contribution in [0.25, 0.3) is 11.4 Å². The van der Waals surface area contributed by atoms with E-state index in [4.69, 9.17) is 16.1 Å². The summed E-state index contributed by atoms with van der Waals surface area (Å²) in [5, 5.41) is 4.58.